The minimum atomic E-state index is 0.0694. The van der Waals surface area contributed by atoms with Gasteiger partial charge in [0.05, 0.1) is 0 Å². The van der Waals surface area contributed by atoms with Crippen LogP contribution in [0.1, 0.15) is 25.7 Å². The molecule has 0 unspecified atom stereocenters. The van der Waals surface area contributed by atoms with E-state index in [9.17, 15) is 5.21 Å². The third-order valence-electron chi connectivity index (χ3n) is 1.80. The molecule has 1 fully saturated rings. The maximum atomic E-state index is 10.9. The summed E-state index contributed by atoms with van der Waals surface area (Å²) >= 11 is 0. The van der Waals surface area contributed by atoms with Gasteiger partial charge in [0.1, 0.15) is 7.11 Å². The van der Waals surface area contributed by atoms with Crippen molar-refractivity contribution in [3.05, 3.63) is 5.21 Å². The highest BCUT2D eigenvalue weighted by atomic mass is 16.7. The quantitative estimate of drug-likeness (QED) is 0.334. The van der Waals surface area contributed by atoms with E-state index in [0.29, 0.717) is 4.86 Å². The third kappa shape index (κ3) is 1.59. The Morgan fingerprint density at radius 3 is 2.60 bits per heavy atom. The second-order valence-electron chi connectivity index (χ2n) is 2.51. The van der Waals surface area contributed by atoms with Crippen LogP contribution in [-0.2, 0) is 4.84 Å². The highest BCUT2D eigenvalue weighted by molar-refractivity contribution is 4.64. The third-order valence-corrected chi connectivity index (χ3v) is 1.80. The summed E-state index contributed by atoms with van der Waals surface area (Å²) in [7, 11) is 1.39. The molecule has 0 aliphatic heterocycles. The molecule has 1 aliphatic carbocycles. The van der Waals surface area contributed by atoms with E-state index < -0.39 is 0 Å². The monoisotopic (exact) mass is 144 g/mol. The van der Waals surface area contributed by atoms with Gasteiger partial charge in [-0.2, -0.15) is 0 Å². The van der Waals surface area contributed by atoms with Gasteiger partial charge in [-0.05, 0) is 12.8 Å². The van der Waals surface area contributed by atoms with Crippen molar-refractivity contribution in [2.45, 2.75) is 31.7 Å². The lowest BCUT2D eigenvalue weighted by Gasteiger charge is -2.04. The average Bonchev–Trinajstić information content (AvgIpc) is 2.38. The summed E-state index contributed by atoms with van der Waals surface area (Å²) in [4.78, 5) is 5.03. The fourth-order valence-electron chi connectivity index (χ4n) is 1.27. The van der Waals surface area contributed by atoms with Crippen molar-refractivity contribution in [2.24, 2.45) is 5.28 Å². The Balaban J connectivity index is 2.39. The highest BCUT2D eigenvalue weighted by Gasteiger charge is 2.23. The van der Waals surface area contributed by atoms with Crippen molar-refractivity contribution in [3.63, 3.8) is 0 Å². The van der Waals surface area contributed by atoms with Crippen molar-refractivity contribution >= 4 is 0 Å². The van der Waals surface area contributed by atoms with E-state index in [-0.39, 0.29) is 6.04 Å². The second kappa shape index (κ2) is 3.39. The van der Waals surface area contributed by atoms with Crippen LogP contribution >= 0.6 is 0 Å². The highest BCUT2D eigenvalue weighted by Crippen LogP contribution is 2.20. The SMILES string of the molecule is CO/N=[N+](\[O-])C1CCCC1. The van der Waals surface area contributed by atoms with Gasteiger partial charge < -0.3 is 10.0 Å². The van der Waals surface area contributed by atoms with Crippen LogP contribution in [0, 0.1) is 5.21 Å². The second-order valence-corrected chi connectivity index (χ2v) is 2.51. The van der Waals surface area contributed by atoms with E-state index in [1.807, 2.05) is 0 Å². The first-order chi connectivity index (χ1) is 4.84. The van der Waals surface area contributed by atoms with Crippen LogP contribution in [0.15, 0.2) is 5.28 Å². The molecule has 0 atom stereocenters. The normalized spacial score (nSPS) is 21.5. The van der Waals surface area contributed by atoms with E-state index in [1.165, 1.54) is 7.11 Å². The van der Waals surface area contributed by atoms with Gasteiger partial charge in [-0.15, -0.1) is 0 Å². The molecule has 10 heavy (non-hydrogen) atoms. The van der Waals surface area contributed by atoms with Crippen molar-refractivity contribution in [1.82, 2.24) is 0 Å². The van der Waals surface area contributed by atoms with Gasteiger partial charge in [0, 0.05) is 12.8 Å². The largest absolute Gasteiger partial charge is 0.597 e. The lowest BCUT2D eigenvalue weighted by Crippen LogP contribution is -2.15. The van der Waals surface area contributed by atoms with Gasteiger partial charge in [-0.1, -0.05) is 4.86 Å². The van der Waals surface area contributed by atoms with E-state index in [0.717, 1.165) is 25.7 Å². The van der Waals surface area contributed by atoms with Gasteiger partial charge in [0.15, 0.2) is 11.3 Å². The minimum Gasteiger partial charge on any atom is -0.597 e. The Hall–Kier alpha value is -0.800. The van der Waals surface area contributed by atoms with Gasteiger partial charge >= 0.3 is 0 Å². The topological polar surface area (TPSA) is 47.7 Å². The summed E-state index contributed by atoms with van der Waals surface area (Å²) in [6, 6.07) is 0.0694. The summed E-state index contributed by atoms with van der Waals surface area (Å²) in [5, 5.41) is 14.2. The first-order valence-corrected chi connectivity index (χ1v) is 3.55. The molecule has 1 saturated carbocycles. The van der Waals surface area contributed by atoms with Gasteiger partial charge in [-0.25, -0.2) is 0 Å². The zero-order valence-corrected chi connectivity index (χ0v) is 6.12. The van der Waals surface area contributed by atoms with Gasteiger partial charge in [0.25, 0.3) is 0 Å². The molecule has 0 amide bonds. The van der Waals surface area contributed by atoms with Crippen molar-refractivity contribution < 1.29 is 9.70 Å². The number of rotatable bonds is 2. The summed E-state index contributed by atoms with van der Waals surface area (Å²) in [5.74, 6) is 0. The standard InChI is InChI=1S/C6H12N2O2/c1-10-7-8(9)6-4-2-3-5-6/h6H,2-5H2,1H3/b8-7-. The first kappa shape index (κ1) is 7.31. The van der Waals surface area contributed by atoms with Crippen LogP contribution in [0.4, 0.5) is 0 Å². The molecule has 0 aromatic rings. The number of hydrogen-bond donors (Lipinski definition) is 0. The summed E-state index contributed by atoms with van der Waals surface area (Å²) in [5.41, 5.74) is 0. The Bertz CT molecular complexity index is 130. The molecule has 4 nitrogen and oxygen atoms in total. The van der Waals surface area contributed by atoms with Crippen molar-refractivity contribution in [3.8, 4) is 0 Å². The van der Waals surface area contributed by atoms with Crippen LogP contribution in [0.3, 0.4) is 0 Å². The Labute approximate surface area is 60.0 Å². The molecular weight excluding hydrogens is 132 g/mol. The predicted molar refractivity (Wildman–Crippen MR) is 35.3 cm³/mol. The van der Waals surface area contributed by atoms with Crippen LogP contribution < -0.4 is 0 Å². The summed E-state index contributed by atoms with van der Waals surface area (Å²) < 4.78 is 0. The predicted octanol–water partition coefficient (Wildman–Crippen LogP) is 1.45. The molecule has 0 saturated heterocycles. The summed E-state index contributed by atoms with van der Waals surface area (Å²) in [6.07, 6.45) is 4.19. The molecule has 0 N–H and O–H groups in total. The molecule has 58 valence electrons. The van der Waals surface area contributed by atoms with Crippen LogP contribution in [0.2, 0.25) is 0 Å². The maximum Gasteiger partial charge on any atom is 0.199 e. The molecule has 1 rings (SSSR count). The minimum absolute atomic E-state index is 0.0694. The Kier molecular flexibility index (Phi) is 2.48. The van der Waals surface area contributed by atoms with Crippen molar-refractivity contribution in [2.75, 3.05) is 7.11 Å². The van der Waals surface area contributed by atoms with Crippen LogP contribution in [-0.4, -0.2) is 18.0 Å². The molecule has 0 radical (unpaired) electrons. The Morgan fingerprint density at radius 1 is 1.50 bits per heavy atom. The lowest BCUT2D eigenvalue weighted by atomic mass is 10.3. The molecule has 0 spiro atoms. The molecule has 0 aromatic heterocycles. The Morgan fingerprint density at radius 2 is 2.10 bits per heavy atom. The number of hydroxylamine groups is 1. The van der Waals surface area contributed by atoms with Crippen LogP contribution in [0.25, 0.3) is 0 Å². The fourth-order valence-corrected chi connectivity index (χ4v) is 1.27. The molecule has 0 aromatic carbocycles. The first-order valence-electron chi connectivity index (χ1n) is 3.55. The molecule has 0 bridgehead atoms. The van der Waals surface area contributed by atoms with Gasteiger partial charge in [-0.3, -0.25) is 0 Å². The van der Waals surface area contributed by atoms with E-state index in [2.05, 4.69) is 10.1 Å². The van der Waals surface area contributed by atoms with E-state index in [4.69, 9.17) is 0 Å². The molecule has 1 aliphatic rings. The zero-order chi connectivity index (χ0) is 7.40. The van der Waals surface area contributed by atoms with Crippen molar-refractivity contribution in [1.29, 1.82) is 0 Å². The molecule has 0 heterocycles. The maximum absolute atomic E-state index is 10.9. The zero-order valence-electron chi connectivity index (χ0n) is 6.12. The fraction of sp³-hybridized carbons (Fsp3) is 1.00. The number of hydrogen-bond acceptors (Lipinski definition) is 3. The van der Waals surface area contributed by atoms with Gasteiger partial charge in [0.2, 0.25) is 0 Å². The molecule has 4 heteroatoms. The summed E-state index contributed by atoms with van der Waals surface area (Å²) in [6.45, 7) is 0. The van der Waals surface area contributed by atoms with E-state index in [1.54, 1.807) is 0 Å². The lowest BCUT2D eigenvalue weighted by molar-refractivity contribution is -0.591. The van der Waals surface area contributed by atoms with Crippen LogP contribution in [0.5, 0.6) is 0 Å². The van der Waals surface area contributed by atoms with E-state index >= 15 is 0 Å². The molecular formula is C6H12N2O2. The number of nitrogens with zero attached hydrogens (tertiary/aromatic N) is 2. The average molecular weight is 144 g/mol. The smallest absolute Gasteiger partial charge is 0.199 e.